The minimum atomic E-state index is -2.02. The third kappa shape index (κ3) is 4.82. The molecule has 0 saturated carbocycles. The Labute approximate surface area is 156 Å². The molecule has 0 aliphatic carbocycles. The summed E-state index contributed by atoms with van der Waals surface area (Å²) in [7, 11) is 0. The van der Waals surface area contributed by atoms with Crippen LogP contribution in [0.5, 0.6) is 5.75 Å². The van der Waals surface area contributed by atoms with Crippen molar-refractivity contribution >= 4 is 17.9 Å². The van der Waals surface area contributed by atoms with Gasteiger partial charge in [-0.15, -0.1) is 0 Å². The SMILES string of the molecule is C=C(C(=O)O)C(CC(=O)Oc1cccc(C)c1)(Cc1ccccc1)C(=O)O. The number of rotatable bonds is 8. The molecule has 6 nitrogen and oxygen atoms in total. The van der Waals surface area contributed by atoms with Crippen LogP contribution in [0.1, 0.15) is 17.5 Å². The molecule has 140 valence electrons. The lowest BCUT2D eigenvalue weighted by Gasteiger charge is -2.28. The number of benzene rings is 2. The molecule has 0 amide bonds. The summed E-state index contributed by atoms with van der Waals surface area (Å²) in [6.07, 6.45) is -0.854. The van der Waals surface area contributed by atoms with Gasteiger partial charge in [0.15, 0.2) is 0 Å². The largest absolute Gasteiger partial charge is 0.481 e. The number of carboxylic acids is 2. The zero-order chi connectivity index (χ0) is 20.0. The van der Waals surface area contributed by atoms with Crippen molar-refractivity contribution in [2.24, 2.45) is 5.41 Å². The van der Waals surface area contributed by atoms with Gasteiger partial charge in [0.2, 0.25) is 0 Å². The molecule has 0 aliphatic heterocycles. The van der Waals surface area contributed by atoms with E-state index in [0.717, 1.165) is 5.56 Å². The van der Waals surface area contributed by atoms with E-state index in [1.165, 1.54) is 0 Å². The molecule has 2 rings (SSSR count). The highest BCUT2D eigenvalue weighted by molar-refractivity contribution is 5.98. The van der Waals surface area contributed by atoms with E-state index < -0.39 is 35.3 Å². The predicted octanol–water partition coefficient (Wildman–Crippen LogP) is 3.25. The first-order valence-electron chi connectivity index (χ1n) is 8.22. The van der Waals surface area contributed by atoms with Gasteiger partial charge in [0.1, 0.15) is 11.2 Å². The van der Waals surface area contributed by atoms with Gasteiger partial charge >= 0.3 is 17.9 Å². The van der Waals surface area contributed by atoms with Crippen LogP contribution in [0.2, 0.25) is 0 Å². The monoisotopic (exact) mass is 368 g/mol. The van der Waals surface area contributed by atoms with Crippen LogP contribution in [0.25, 0.3) is 0 Å². The van der Waals surface area contributed by atoms with Crippen molar-refractivity contribution in [1.29, 1.82) is 0 Å². The van der Waals surface area contributed by atoms with E-state index in [9.17, 15) is 24.6 Å². The molecule has 0 aliphatic rings. The maximum atomic E-state index is 12.4. The first-order valence-corrected chi connectivity index (χ1v) is 8.22. The minimum absolute atomic E-state index is 0.197. The maximum absolute atomic E-state index is 12.4. The normalized spacial score (nSPS) is 12.6. The Morgan fingerprint density at radius 3 is 2.26 bits per heavy atom. The first-order chi connectivity index (χ1) is 12.7. The maximum Gasteiger partial charge on any atom is 0.332 e. The van der Waals surface area contributed by atoms with Crippen LogP contribution in [-0.2, 0) is 20.8 Å². The number of aliphatic carboxylic acids is 2. The van der Waals surface area contributed by atoms with Gasteiger partial charge in [0.25, 0.3) is 0 Å². The van der Waals surface area contributed by atoms with E-state index in [1.807, 2.05) is 13.0 Å². The average molecular weight is 368 g/mol. The van der Waals surface area contributed by atoms with Crippen LogP contribution in [0.4, 0.5) is 0 Å². The second-order valence-corrected chi connectivity index (χ2v) is 6.30. The number of esters is 1. The summed E-state index contributed by atoms with van der Waals surface area (Å²) in [6, 6.07) is 15.2. The van der Waals surface area contributed by atoms with Crippen molar-refractivity contribution in [1.82, 2.24) is 0 Å². The smallest absolute Gasteiger partial charge is 0.332 e. The molecule has 0 spiro atoms. The van der Waals surface area contributed by atoms with Crippen molar-refractivity contribution in [3.63, 3.8) is 0 Å². The number of carboxylic acid groups (broad SMARTS) is 2. The van der Waals surface area contributed by atoms with Crippen LogP contribution < -0.4 is 4.74 Å². The number of carbonyl (C=O) groups is 3. The zero-order valence-corrected chi connectivity index (χ0v) is 14.8. The molecule has 0 fully saturated rings. The molecule has 1 atom stereocenters. The Hall–Kier alpha value is -3.41. The minimum Gasteiger partial charge on any atom is -0.481 e. The van der Waals surface area contributed by atoms with Gasteiger partial charge in [-0.2, -0.15) is 0 Å². The second kappa shape index (κ2) is 8.31. The lowest BCUT2D eigenvalue weighted by atomic mass is 9.73. The van der Waals surface area contributed by atoms with E-state index in [-0.39, 0.29) is 12.2 Å². The van der Waals surface area contributed by atoms with Crippen molar-refractivity contribution < 1.29 is 29.3 Å². The van der Waals surface area contributed by atoms with E-state index in [1.54, 1.807) is 48.5 Å². The summed E-state index contributed by atoms with van der Waals surface area (Å²) in [5.41, 5.74) is -1.15. The molecule has 6 heteroatoms. The van der Waals surface area contributed by atoms with Crippen LogP contribution in [0.3, 0.4) is 0 Å². The van der Waals surface area contributed by atoms with Gasteiger partial charge in [0.05, 0.1) is 6.42 Å². The summed E-state index contributed by atoms with van der Waals surface area (Å²) in [5.74, 6) is -3.50. The van der Waals surface area contributed by atoms with E-state index >= 15 is 0 Å². The standard InChI is InChI=1S/C21H20O6/c1-14-7-6-10-17(11-14)27-18(22)13-21(20(25)26,15(2)19(23)24)12-16-8-4-3-5-9-16/h3-11H,2,12-13H2,1H3,(H,23,24)(H,25,26). The molecule has 0 aromatic heterocycles. The molecule has 2 aromatic rings. The number of aryl methyl sites for hydroxylation is 1. The molecule has 0 bridgehead atoms. The second-order valence-electron chi connectivity index (χ2n) is 6.30. The zero-order valence-electron chi connectivity index (χ0n) is 14.8. The lowest BCUT2D eigenvalue weighted by molar-refractivity contribution is -0.154. The van der Waals surface area contributed by atoms with Gasteiger partial charge in [-0.3, -0.25) is 9.59 Å². The molecule has 0 radical (unpaired) electrons. The number of ether oxygens (including phenoxy) is 1. The van der Waals surface area contributed by atoms with Crippen molar-refractivity contribution in [3.05, 3.63) is 77.9 Å². The van der Waals surface area contributed by atoms with Gasteiger partial charge in [0, 0.05) is 5.57 Å². The van der Waals surface area contributed by atoms with E-state index in [0.29, 0.717) is 5.56 Å². The van der Waals surface area contributed by atoms with Crippen LogP contribution >= 0.6 is 0 Å². The number of hydrogen-bond acceptors (Lipinski definition) is 4. The first kappa shape index (κ1) is 19.9. The van der Waals surface area contributed by atoms with Gasteiger partial charge < -0.3 is 14.9 Å². The Kier molecular flexibility index (Phi) is 6.13. The highest BCUT2D eigenvalue weighted by Crippen LogP contribution is 2.36. The van der Waals surface area contributed by atoms with Crippen molar-refractivity contribution in [2.75, 3.05) is 0 Å². The fraction of sp³-hybridized carbons (Fsp3) is 0.190. The van der Waals surface area contributed by atoms with E-state index in [2.05, 4.69) is 6.58 Å². The van der Waals surface area contributed by atoms with Crippen LogP contribution in [-0.4, -0.2) is 28.1 Å². The summed E-state index contributed by atoms with van der Waals surface area (Å²) < 4.78 is 5.23. The fourth-order valence-corrected chi connectivity index (χ4v) is 2.80. The Balaban J connectivity index is 2.35. The third-order valence-corrected chi connectivity index (χ3v) is 4.26. The van der Waals surface area contributed by atoms with Crippen molar-refractivity contribution in [3.8, 4) is 5.75 Å². The molecule has 1 unspecified atom stereocenters. The topological polar surface area (TPSA) is 101 Å². The van der Waals surface area contributed by atoms with E-state index in [4.69, 9.17) is 4.74 Å². The lowest BCUT2D eigenvalue weighted by Crippen LogP contribution is -2.41. The van der Waals surface area contributed by atoms with Gasteiger partial charge in [-0.1, -0.05) is 49.0 Å². The predicted molar refractivity (Wildman–Crippen MR) is 98.4 cm³/mol. The highest BCUT2D eigenvalue weighted by Gasteiger charge is 2.47. The molecule has 2 aromatic carbocycles. The fourth-order valence-electron chi connectivity index (χ4n) is 2.80. The molecule has 2 N–H and O–H groups in total. The quantitative estimate of drug-likeness (QED) is 0.421. The highest BCUT2D eigenvalue weighted by atomic mass is 16.5. The van der Waals surface area contributed by atoms with Gasteiger partial charge in [-0.25, -0.2) is 4.79 Å². The molecular formula is C21H20O6. The Bertz CT molecular complexity index is 871. The summed E-state index contributed by atoms with van der Waals surface area (Å²) >= 11 is 0. The van der Waals surface area contributed by atoms with Crippen LogP contribution in [0, 0.1) is 12.3 Å². The molecular weight excluding hydrogens is 348 g/mol. The number of hydrogen-bond donors (Lipinski definition) is 2. The van der Waals surface area contributed by atoms with Crippen LogP contribution in [0.15, 0.2) is 66.7 Å². The van der Waals surface area contributed by atoms with Crippen molar-refractivity contribution in [2.45, 2.75) is 19.8 Å². The Morgan fingerprint density at radius 2 is 1.70 bits per heavy atom. The summed E-state index contributed by atoms with van der Waals surface area (Å²) in [4.78, 5) is 36.0. The molecule has 0 heterocycles. The van der Waals surface area contributed by atoms with Gasteiger partial charge in [-0.05, 0) is 36.6 Å². The molecule has 0 saturated heterocycles. The third-order valence-electron chi connectivity index (χ3n) is 4.26. The Morgan fingerprint density at radius 1 is 1.04 bits per heavy atom. The number of carbonyl (C=O) groups excluding carboxylic acids is 1. The molecule has 27 heavy (non-hydrogen) atoms. The summed E-state index contributed by atoms with van der Waals surface area (Å²) in [5, 5.41) is 19.2. The average Bonchev–Trinajstić information content (AvgIpc) is 2.61. The summed E-state index contributed by atoms with van der Waals surface area (Å²) in [6.45, 7) is 5.25.